The van der Waals surface area contributed by atoms with Crippen LogP contribution in [0.25, 0.3) is 0 Å². The van der Waals surface area contributed by atoms with Crippen molar-refractivity contribution in [3.05, 3.63) is 125 Å². The van der Waals surface area contributed by atoms with Gasteiger partial charge in [0.25, 0.3) is 0 Å². The largest absolute Gasteiger partial charge is 0.383 e. The summed E-state index contributed by atoms with van der Waals surface area (Å²) in [6, 6.07) is 33.8. The van der Waals surface area contributed by atoms with Crippen LogP contribution >= 0.6 is 47.0 Å². The fourth-order valence-corrected chi connectivity index (χ4v) is 24.1. The fraction of sp³-hybridized carbons (Fsp3) is 0.607. The van der Waals surface area contributed by atoms with Gasteiger partial charge in [0.05, 0.1) is 32.1 Å². The maximum atomic E-state index is 13.6. The summed E-state index contributed by atoms with van der Waals surface area (Å²) in [5.74, 6) is 3.23. The predicted octanol–water partition coefficient (Wildman–Crippen LogP) is 14.7. The van der Waals surface area contributed by atoms with Crippen molar-refractivity contribution in [2.45, 2.75) is 225 Å². The average molecular weight is 1580 g/mol. The van der Waals surface area contributed by atoms with Crippen LogP contribution in [-0.4, -0.2) is 225 Å². The van der Waals surface area contributed by atoms with Gasteiger partial charge in [0.1, 0.15) is 5.37 Å². The van der Waals surface area contributed by atoms with Gasteiger partial charge in [-0.15, -0.1) is 35.3 Å². The lowest BCUT2D eigenvalue weighted by atomic mass is 9.91. The zero-order chi connectivity index (χ0) is 77.3. The molecule has 10 heterocycles. The number of piperidine rings is 3. The number of carbonyl (C=O) groups is 9. The summed E-state index contributed by atoms with van der Waals surface area (Å²) in [7, 11) is 1.63. The van der Waals surface area contributed by atoms with Crippen LogP contribution in [0, 0.1) is 11.3 Å². The number of para-hydroxylation sites is 3. The zero-order valence-electron chi connectivity index (χ0n) is 65.2. The number of rotatable bonds is 18. The number of anilines is 3. The van der Waals surface area contributed by atoms with Gasteiger partial charge in [-0.2, -0.15) is 11.8 Å². The fourth-order valence-electron chi connectivity index (χ4n) is 17.7. The Morgan fingerprint density at radius 3 is 1.30 bits per heavy atom. The van der Waals surface area contributed by atoms with E-state index in [1.165, 1.54) is 25.7 Å². The third-order valence-corrected chi connectivity index (χ3v) is 30.1. The van der Waals surface area contributed by atoms with Crippen molar-refractivity contribution < 1.29 is 50.7 Å². The number of carbonyl (C=O) groups excluding carboxylic acids is 9. The number of methoxy groups -OCH3 is 1. The van der Waals surface area contributed by atoms with Gasteiger partial charge in [0.2, 0.25) is 35.4 Å². The van der Waals surface area contributed by atoms with E-state index in [0.717, 1.165) is 141 Å². The van der Waals surface area contributed by atoms with E-state index in [-0.39, 0.29) is 118 Å². The van der Waals surface area contributed by atoms with E-state index in [1.54, 1.807) is 42.4 Å². The van der Waals surface area contributed by atoms with Crippen LogP contribution in [0.4, 0.5) is 31.4 Å². The minimum Gasteiger partial charge on any atom is -0.383 e. The van der Waals surface area contributed by atoms with Crippen LogP contribution in [0.15, 0.2) is 103 Å². The molecular weight excluding hydrogens is 1470 g/mol. The minimum atomic E-state index is -0.401. The van der Waals surface area contributed by atoms with E-state index in [4.69, 9.17) is 4.74 Å². The average Bonchev–Trinajstić information content (AvgIpc) is 1.50. The third-order valence-electron chi connectivity index (χ3n) is 24.2. The van der Waals surface area contributed by atoms with Gasteiger partial charge < -0.3 is 64.8 Å². The first-order valence-corrected chi connectivity index (χ1v) is 44.3. The maximum absolute atomic E-state index is 13.6. The summed E-state index contributed by atoms with van der Waals surface area (Å²) in [6.07, 6.45) is 16.3. The van der Waals surface area contributed by atoms with Gasteiger partial charge in [0.15, 0.2) is 0 Å². The van der Waals surface area contributed by atoms with Gasteiger partial charge >= 0.3 is 18.1 Å². The number of hydrogen-bond donors (Lipinski definition) is 3. The maximum Gasteiger partial charge on any atom is 0.322 e. The Hall–Kier alpha value is -7.13. The van der Waals surface area contributed by atoms with Gasteiger partial charge in [-0.1, -0.05) is 145 Å². The number of fused-ring (bicyclic) bond motifs is 3. The normalized spacial score (nSPS) is 23.8. The number of likely N-dealkylation sites (tertiary alicyclic amines) is 3. The SMILES string of the molecule is CC(C)(C)CCN1C(=O)C(CC(=O)N2CCC(N3Cc4ccccc4NC3=O)CC2)SC12CCSCC2.CC(C)CCN1C(=O)C(CC(=O)N2CCC(N3Cc4ccccc4NC3=O)CC2)SC12CCCCCC2.COCCN1C(=O)C(CC(=O)N2CCC(N3Cc4ccccc4NC3=O)CC2)SC1c1ccccc1.[HH].[HH]. The van der Waals surface area contributed by atoms with Crippen LogP contribution in [0.5, 0.6) is 0 Å². The first-order chi connectivity index (χ1) is 53.1. The predicted molar refractivity (Wildman–Crippen MR) is 443 cm³/mol. The lowest BCUT2D eigenvalue weighted by Gasteiger charge is -2.41. The quantitative estimate of drug-likeness (QED) is 0.0842. The molecule has 1 aliphatic carbocycles. The second-order valence-corrected chi connectivity index (χ2v) is 38.8. The number of amides is 12. The molecule has 12 amide bonds. The summed E-state index contributed by atoms with van der Waals surface area (Å²) in [4.78, 5) is 136. The van der Waals surface area contributed by atoms with Crippen molar-refractivity contribution in [3.63, 3.8) is 0 Å². The van der Waals surface area contributed by atoms with E-state index in [2.05, 4.69) is 72.5 Å². The molecule has 2 spiro atoms. The molecule has 3 N–H and O–H groups in total. The molecule has 1 saturated carbocycles. The third kappa shape index (κ3) is 19.0. The highest BCUT2D eigenvalue weighted by Gasteiger charge is 2.54. The highest BCUT2D eigenvalue weighted by atomic mass is 32.2. The van der Waals surface area contributed by atoms with Gasteiger partial charge in [0, 0.05) is 143 Å². The molecule has 598 valence electrons. The molecule has 4 aromatic rings. The molecule has 11 aliphatic rings. The van der Waals surface area contributed by atoms with E-state index < -0.39 is 5.25 Å². The summed E-state index contributed by atoms with van der Waals surface area (Å²) in [5.41, 5.74) is 7.25. The second-order valence-electron chi connectivity index (χ2n) is 33.1. The molecule has 10 aliphatic heterocycles. The Morgan fingerprint density at radius 2 is 0.891 bits per heavy atom. The van der Waals surface area contributed by atoms with E-state index >= 15 is 0 Å². The van der Waals surface area contributed by atoms with Crippen LogP contribution < -0.4 is 16.0 Å². The Labute approximate surface area is 670 Å². The van der Waals surface area contributed by atoms with E-state index in [1.807, 2.05) is 137 Å². The molecule has 4 aromatic carbocycles. The molecule has 110 heavy (non-hydrogen) atoms. The minimum absolute atomic E-state index is 0. The molecule has 0 radical (unpaired) electrons. The Morgan fingerprint density at radius 1 is 0.500 bits per heavy atom. The lowest BCUT2D eigenvalue weighted by Crippen LogP contribution is -2.51. The summed E-state index contributed by atoms with van der Waals surface area (Å²) >= 11 is 7.08. The Kier molecular flexibility index (Phi) is 26.7. The van der Waals surface area contributed by atoms with Crippen molar-refractivity contribution >= 4 is 118 Å². The number of urea groups is 3. The molecule has 4 unspecified atom stereocenters. The van der Waals surface area contributed by atoms with Crippen molar-refractivity contribution in [1.29, 1.82) is 0 Å². The molecule has 7 saturated heterocycles. The van der Waals surface area contributed by atoms with Crippen LogP contribution in [-0.2, 0) is 53.1 Å². The molecule has 4 atom stereocenters. The van der Waals surface area contributed by atoms with E-state index in [0.29, 0.717) is 84.4 Å². The molecule has 22 nitrogen and oxygen atoms in total. The van der Waals surface area contributed by atoms with Crippen molar-refractivity contribution in [1.82, 2.24) is 44.1 Å². The highest BCUT2D eigenvalue weighted by Crippen LogP contribution is 2.53. The van der Waals surface area contributed by atoms with E-state index in [9.17, 15) is 43.2 Å². The summed E-state index contributed by atoms with van der Waals surface area (Å²) < 4.78 is 5.22. The highest BCUT2D eigenvalue weighted by molar-refractivity contribution is 8.03. The topological polar surface area (TPSA) is 228 Å². The standard InChI is InChI=1S/C29H42N4O3S.C28H40N4O3S2.C27H32N4O4S.2H2/c1-21(2)11-18-33-27(35)25(37-29(33)14-7-3-4-8-15-29)19-26(34)31-16-12-23(13-17-31)32-20-22-9-5-6-10-24(22)30-28(32)36;1-27(2,3)10-15-32-25(34)23(37-28(32)11-16-36-17-12-28)18-24(33)30-13-8-21(9-14-30)31-19-20-6-4-5-7-22(20)29-26(31)35;1-35-16-15-30-25(33)23(36-26(30)19-7-3-2-4-8-19)17-24(32)29-13-11-21(12-14-29)31-18-20-9-5-6-10-22(20)28-27(31)34;;/h5-6,9-10,21,23,25H,3-4,7-8,11-20H2,1-2H3,(H,30,36);4-7,21,23H,8-19H2,1-3H3,(H,29,35);2-10,21,23,26H,11-18H2,1H3,(H,28,34);2*1H. The van der Waals surface area contributed by atoms with Crippen LogP contribution in [0.1, 0.15) is 187 Å². The number of ether oxygens (including phenoxy) is 1. The number of nitrogens with one attached hydrogen (secondary N) is 3. The summed E-state index contributed by atoms with van der Waals surface area (Å²) in [5, 5.41) is 7.94. The number of nitrogens with zero attached hydrogens (tertiary/aromatic N) is 9. The van der Waals surface area contributed by atoms with Crippen LogP contribution in [0.2, 0.25) is 0 Å². The number of thioether (sulfide) groups is 4. The first-order valence-electron chi connectivity index (χ1n) is 40.4. The zero-order valence-corrected chi connectivity index (χ0v) is 68.5. The van der Waals surface area contributed by atoms with Crippen molar-refractivity contribution in [2.75, 3.05) is 100 Å². The Balaban J connectivity index is 0.000000165. The molecule has 26 heteroatoms. The molecule has 0 bridgehead atoms. The molecule has 0 aromatic heterocycles. The smallest absolute Gasteiger partial charge is 0.322 e. The second kappa shape index (κ2) is 36.3. The number of benzene rings is 4. The number of hydrogen-bond acceptors (Lipinski definition) is 14. The molecule has 8 fully saturated rings. The van der Waals surface area contributed by atoms with Crippen molar-refractivity contribution in [2.24, 2.45) is 11.3 Å². The monoisotopic (exact) mass is 1580 g/mol. The van der Waals surface area contributed by atoms with Crippen molar-refractivity contribution in [3.8, 4) is 0 Å². The van der Waals surface area contributed by atoms with Crippen LogP contribution in [0.3, 0.4) is 0 Å². The van der Waals surface area contributed by atoms with Gasteiger partial charge in [-0.25, -0.2) is 14.4 Å². The lowest BCUT2D eigenvalue weighted by molar-refractivity contribution is -0.138. The Bertz CT molecular complexity index is 3930. The van der Waals surface area contributed by atoms with Gasteiger partial charge in [-0.3, -0.25) is 28.8 Å². The first kappa shape index (κ1) is 80.9. The molecule has 15 rings (SSSR count). The molecular formula is C84H118N12O10S4. The van der Waals surface area contributed by atoms with Gasteiger partial charge in [-0.05, 0) is 140 Å². The summed E-state index contributed by atoms with van der Waals surface area (Å²) in [6.45, 7) is 19.2.